The number of hydrogen-bond donors (Lipinski definition) is 0. The zero-order valence-corrected chi connectivity index (χ0v) is 32.6. The van der Waals surface area contributed by atoms with Crippen molar-refractivity contribution in [1.29, 1.82) is 0 Å². The van der Waals surface area contributed by atoms with Gasteiger partial charge in [-0.25, -0.2) is 0 Å². The van der Waals surface area contributed by atoms with Gasteiger partial charge in [0, 0.05) is 0 Å². The minimum absolute atomic E-state index is 0.205. The fourth-order valence-corrected chi connectivity index (χ4v) is 43.1. The molecule has 6 rings (SSSR count). The van der Waals surface area contributed by atoms with E-state index in [-0.39, 0.29) is 7.25 Å². The molecule has 227 valence electrons. The Labute approximate surface area is 265 Å². The molecule has 0 saturated heterocycles. The number of fused-ring (bicyclic) bond motifs is 2. The Bertz CT molecular complexity index is 1380. The molecular formula is C38H53Cl2SiZr. The van der Waals surface area contributed by atoms with Crippen LogP contribution in [0.4, 0.5) is 0 Å². The van der Waals surface area contributed by atoms with Crippen molar-refractivity contribution in [2.24, 2.45) is 0 Å². The van der Waals surface area contributed by atoms with E-state index in [0.717, 1.165) is 0 Å². The van der Waals surface area contributed by atoms with Gasteiger partial charge in [0.25, 0.3) is 0 Å². The number of allylic oxidation sites excluding steroid dienone is 4. The van der Waals surface area contributed by atoms with Gasteiger partial charge in [-0.05, 0) is 0 Å². The Morgan fingerprint density at radius 3 is 1.26 bits per heavy atom. The molecule has 2 fully saturated rings. The molecule has 0 aromatic heterocycles. The van der Waals surface area contributed by atoms with Gasteiger partial charge in [-0.3, -0.25) is 0 Å². The van der Waals surface area contributed by atoms with Crippen molar-refractivity contribution in [2.45, 2.75) is 138 Å². The summed E-state index contributed by atoms with van der Waals surface area (Å²) in [4.78, 5) is 0. The predicted molar refractivity (Wildman–Crippen MR) is 187 cm³/mol. The SMILES string of the molecule is CC1=C(C)[CH]([Zr]([Cl])([Cl])([CH]2C(C)=C(C)c3c(C4CCCCC4)ccc(C)c32)[SiH](C)C)c2c(C)ccc(C3CCCCC3)c21. The molecule has 2 saturated carbocycles. The van der Waals surface area contributed by atoms with Crippen LogP contribution in [0.25, 0.3) is 11.1 Å². The van der Waals surface area contributed by atoms with Crippen molar-refractivity contribution in [2.75, 3.05) is 0 Å². The molecule has 2 atom stereocenters. The topological polar surface area (TPSA) is 0 Å². The van der Waals surface area contributed by atoms with E-state index in [1.54, 1.807) is 22.3 Å². The first-order valence-corrected chi connectivity index (χ1v) is 33.4. The summed E-state index contributed by atoms with van der Waals surface area (Å²) in [6, 6.07) is 9.80. The molecule has 0 heterocycles. The summed E-state index contributed by atoms with van der Waals surface area (Å²) in [6.45, 7) is 19.3. The van der Waals surface area contributed by atoms with Crippen LogP contribution in [0.3, 0.4) is 0 Å². The monoisotopic (exact) mass is 697 g/mol. The van der Waals surface area contributed by atoms with Gasteiger partial charge < -0.3 is 0 Å². The first kappa shape index (κ1) is 31.6. The Kier molecular flexibility index (Phi) is 8.60. The summed E-state index contributed by atoms with van der Waals surface area (Å²) in [5, 5.41) is 0. The molecular weight excluding hydrogens is 647 g/mol. The fraction of sp³-hybridized carbons (Fsp3) is 0.579. The molecule has 4 heteroatoms. The standard InChI is InChI=1S/2C18H23.C2H7Si.2ClH.Zr/c2*1-12-9-10-16(15-7-5-4-6-8-15)18-14(3)13(2)11-17(12)18;1-3-2;;;/h2*9-11,15H,4-8H2,1-3H3;3H,1-2H3;2*1H;/q;;;;;+2/p-2. The maximum absolute atomic E-state index is 8.71. The Morgan fingerprint density at radius 2 is 0.929 bits per heavy atom. The second kappa shape index (κ2) is 11.4. The van der Waals surface area contributed by atoms with Crippen LogP contribution in [0.2, 0.25) is 13.1 Å². The molecule has 0 N–H and O–H groups in total. The van der Waals surface area contributed by atoms with Crippen LogP contribution in [0.15, 0.2) is 35.4 Å². The summed E-state index contributed by atoms with van der Waals surface area (Å²) >= 11 is -4.71. The second-order valence-corrected chi connectivity index (χ2v) is 57.6. The Morgan fingerprint density at radius 1 is 0.571 bits per heavy atom. The van der Waals surface area contributed by atoms with Crippen LogP contribution < -0.4 is 0 Å². The molecule has 0 nitrogen and oxygen atoms in total. The first-order chi connectivity index (χ1) is 19.9. The van der Waals surface area contributed by atoms with Gasteiger partial charge in [0.1, 0.15) is 0 Å². The molecule has 0 amide bonds. The maximum atomic E-state index is 8.71. The Balaban J connectivity index is 1.59. The third-order valence-electron chi connectivity index (χ3n) is 12.7. The van der Waals surface area contributed by atoms with Crippen LogP contribution in [-0.4, -0.2) is 5.92 Å². The first-order valence-electron chi connectivity index (χ1n) is 17.1. The van der Waals surface area contributed by atoms with Gasteiger partial charge in [-0.2, -0.15) is 0 Å². The van der Waals surface area contributed by atoms with Crippen molar-refractivity contribution in [1.82, 2.24) is 0 Å². The minimum atomic E-state index is -4.71. The van der Waals surface area contributed by atoms with Crippen molar-refractivity contribution in [3.05, 3.63) is 79.9 Å². The van der Waals surface area contributed by atoms with Crippen molar-refractivity contribution in [3.8, 4) is 0 Å². The zero-order valence-electron chi connectivity index (χ0n) is 27.5. The summed E-state index contributed by atoms with van der Waals surface area (Å²) in [5.74, 6) is -0.190. The van der Waals surface area contributed by atoms with Crippen LogP contribution in [0.5, 0.6) is 0 Å². The molecule has 0 bridgehead atoms. The molecule has 0 aliphatic heterocycles. The van der Waals surface area contributed by atoms with Crippen LogP contribution in [0.1, 0.15) is 155 Å². The van der Waals surface area contributed by atoms with Crippen molar-refractivity contribution < 1.29 is 15.6 Å². The van der Waals surface area contributed by atoms with Gasteiger partial charge in [-0.15, -0.1) is 0 Å². The molecule has 2 unspecified atom stereocenters. The quantitative estimate of drug-likeness (QED) is 0.273. The molecule has 4 aliphatic rings. The summed E-state index contributed by atoms with van der Waals surface area (Å²) in [5.41, 5.74) is 18.1. The summed E-state index contributed by atoms with van der Waals surface area (Å²) in [7, 11) is 17.4. The van der Waals surface area contributed by atoms with E-state index in [9.17, 15) is 0 Å². The van der Waals surface area contributed by atoms with E-state index in [0.29, 0.717) is 11.8 Å². The van der Waals surface area contributed by atoms with Crippen LogP contribution in [0, 0.1) is 13.8 Å². The third-order valence-corrected chi connectivity index (χ3v) is 64.7. The number of aryl methyl sites for hydroxylation is 2. The molecule has 0 radical (unpaired) electrons. The summed E-state index contributed by atoms with van der Waals surface area (Å²) in [6.07, 6.45) is 13.5. The molecule has 4 aliphatic carbocycles. The van der Waals surface area contributed by atoms with Crippen LogP contribution in [-0.2, 0) is 15.6 Å². The summed E-state index contributed by atoms with van der Waals surface area (Å²) < 4.78 is 0.410. The molecule has 2 aromatic rings. The van der Waals surface area contributed by atoms with E-state index in [4.69, 9.17) is 17.0 Å². The third kappa shape index (κ3) is 4.57. The molecule has 0 spiro atoms. The van der Waals surface area contributed by atoms with Gasteiger partial charge in [0.2, 0.25) is 0 Å². The van der Waals surface area contributed by atoms with Crippen molar-refractivity contribution in [3.63, 3.8) is 0 Å². The number of halogens is 2. The predicted octanol–water partition coefficient (Wildman–Crippen LogP) is 12.8. The van der Waals surface area contributed by atoms with Crippen molar-refractivity contribution >= 4 is 34.1 Å². The van der Waals surface area contributed by atoms with E-state index in [1.807, 2.05) is 0 Å². The van der Waals surface area contributed by atoms with Crippen LogP contribution >= 0.6 is 17.0 Å². The Hall–Kier alpha value is -0.400. The zero-order chi connectivity index (χ0) is 30.2. The fourth-order valence-electron chi connectivity index (χ4n) is 10.0. The number of benzene rings is 2. The average molecular weight is 700 g/mol. The second-order valence-electron chi connectivity index (χ2n) is 15.1. The van der Waals surface area contributed by atoms with Gasteiger partial charge in [-0.1, -0.05) is 0 Å². The normalized spacial score (nSPS) is 24.8. The van der Waals surface area contributed by atoms with E-state index < -0.39 is 21.5 Å². The number of hydrogen-bond acceptors (Lipinski definition) is 0. The van der Waals surface area contributed by atoms with E-state index in [1.165, 1.54) is 109 Å². The van der Waals surface area contributed by atoms with E-state index in [2.05, 4.69) is 78.9 Å². The number of rotatable bonds is 5. The average Bonchev–Trinajstić information content (AvgIpc) is 3.42. The van der Waals surface area contributed by atoms with Gasteiger partial charge in [0.05, 0.1) is 0 Å². The van der Waals surface area contributed by atoms with Gasteiger partial charge >= 0.3 is 268 Å². The van der Waals surface area contributed by atoms with Gasteiger partial charge in [0.15, 0.2) is 0 Å². The molecule has 42 heavy (non-hydrogen) atoms. The molecule has 2 aromatic carbocycles. The van der Waals surface area contributed by atoms with E-state index >= 15 is 0 Å².